The molecule has 2 unspecified atom stereocenters. The quantitative estimate of drug-likeness (QED) is 0.163. The van der Waals surface area contributed by atoms with Crippen molar-refractivity contribution in [2.75, 3.05) is 14.2 Å². The molecule has 0 aliphatic rings. The number of carboxylic acid groups (broad SMARTS) is 1. The van der Waals surface area contributed by atoms with Gasteiger partial charge in [0.15, 0.2) is 0 Å². The Labute approximate surface area is 282 Å². The van der Waals surface area contributed by atoms with Crippen LogP contribution >= 0.6 is 35.6 Å². The van der Waals surface area contributed by atoms with E-state index in [1.54, 1.807) is 6.07 Å². The Morgan fingerprint density at radius 2 is 1.20 bits per heavy atom. The number of nitrogens with one attached hydrogen (secondary N) is 1. The Balaban J connectivity index is 0.000000375. The van der Waals surface area contributed by atoms with Gasteiger partial charge in [-0.3, -0.25) is 9.59 Å². The highest BCUT2D eigenvalue weighted by atomic mass is 35.5. The molecule has 0 spiro atoms. The maximum Gasteiger partial charge on any atom is 0.337 e. The van der Waals surface area contributed by atoms with Gasteiger partial charge in [0.25, 0.3) is 5.91 Å². The molecule has 0 fully saturated rings. The largest absolute Gasteiger partial charge is 0.478 e. The van der Waals surface area contributed by atoms with Crippen molar-refractivity contribution in [1.82, 2.24) is 15.3 Å². The van der Waals surface area contributed by atoms with Crippen LogP contribution < -0.4 is 11.1 Å². The number of nitrogens with two attached hydrogens (primary N) is 1. The van der Waals surface area contributed by atoms with Gasteiger partial charge in [0.1, 0.15) is 22.4 Å². The molecule has 0 radical (unpaired) electrons. The van der Waals surface area contributed by atoms with Crippen molar-refractivity contribution in [2.45, 2.75) is 24.9 Å². The Hall–Kier alpha value is -4.55. The lowest BCUT2D eigenvalue weighted by molar-refractivity contribution is -0.143. The van der Waals surface area contributed by atoms with Gasteiger partial charge in [-0.25, -0.2) is 19.6 Å². The van der Waals surface area contributed by atoms with Crippen LogP contribution in [0.15, 0.2) is 97.3 Å². The molecule has 4 aromatic rings. The van der Waals surface area contributed by atoms with E-state index in [1.165, 1.54) is 44.8 Å². The molecule has 2 aromatic heterocycles. The number of carbonyl (C=O) groups excluding carboxylic acids is 3. The van der Waals surface area contributed by atoms with Crippen molar-refractivity contribution in [3.05, 3.63) is 130 Å². The second-order valence-electron chi connectivity index (χ2n) is 9.10. The molecule has 4 rings (SSSR count). The monoisotopic (exact) mass is 690 g/mol. The lowest BCUT2D eigenvalue weighted by Gasteiger charge is -2.16. The highest BCUT2D eigenvalue weighted by Gasteiger charge is 2.22. The number of hydrogen-bond acceptors (Lipinski definition) is 9. The van der Waals surface area contributed by atoms with Gasteiger partial charge in [-0.1, -0.05) is 83.9 Å². The summed E-state index contributed by atoms with van der Waals surface area (Å²) in [4.78, 5) is 52.7. The standard InChI is InChI=1S/C16H15ClN2O3.C10H13NO2.C6H4ClNO2.ClH/c1-22-16(21)13(9-11-5-3-2-4-6-11)19-15(20)12-7-8-14(17)18-10-12;1-13-10(12)9(11)7-8-5-3-2-4-6-8;7-5-2-1-4(3-8-5)6(9)10;/h2-8,10,13H,9H2,1H3,(H,19,20);2-6,9H,7,11H2,1H3;1-3H,(H,9,10);1H. The molecule has 2 heterocycles. The molecule has 0 saturated carbocycles. The van der Waals surface area contributed by atoms with Gasteiger partial charge in [-0.2, -0.15) is 0 Å². The number of pyridine rings is 2. The maximum atomic E-state index is 12.2. The van der Waals surface area contributed by atoms with E-state index in [1.807, 2.05) is 60.7 Å². The molecular weight excluding hydrogens is 659 g/mol. The van der Waals surface area contributed by atoms with Gasteiger partial charge in [-0.15, -0.1) is 12.4 Å². The van der Waals surface area contributed by atoms with E-state index in [-0.39, 0.29) is 23.9 Å². The van der Waals surface area contributed by atoms with Crippen LogP contribution in [0.2, 0.25) is 10.3 Å². The lowest BCUT2D eigenvalue weighted by Crippen LogP contribution is -2.43. The number of halogens is 3. The van der Waals surface area contributed by atoms with Crippen molar-refractivity contribution >= 4 is 59.4 Å². The molecule has 2 aromatic carbocycles. The number of hydrogen-bond donors (Lipinski definition) is 3. The molecule has 2 atom stereocenters. The number of methoxy groups -OCH3 is 2. The molecule has 11 nitrogen and oxygen atoms in total. The zero-order chi connectivity index (χ0) is 33.2. The summed E-state index contributed by atoms with van der Waals surface area (Å²) in [6.45, 7) is 0. The Morgan fingerprint density at radius 3 is 1.61 bits per heavy atom. The number of benzene rings is 2. The summed E-state index contributed by atoms with van der Waals surface area (Å²) in [7, 11) is 2.63. The topological polar surface area (TPSA) is 171 Å². The summed E-state index contributed by atoms with van der Waals surface area (Å²) < 4.78 is 9.27. The molecular formula is C32H33Cl3N4O7. The van der Waals surface area contributed by atoms with Crippen LogP contribution in [0.5, 0.6) is 0 Å². The van der Waals surface area contributed by atoms with Crippen LogP contribution in [0.3, 0.4) is 0 Å². The van der Waals surface area contributed by atoms with Gasteiger partial charge in [0.2, 0.25) is 0 Å². The number of amides is 1. The van der Waals surface area contributed by atoms with Gasteiger partial charge in [-0.05, 0) is 41.8 Å². The molecule has 0 aliphatic heterocycles. The van der Waals surface area contributed by atoms with Crippen LogP contribution in [0.1, 0.15) is 31.8 Å². The van der Waals surface area contributed by atoms with Crippen LogP contribution in [0.4, 0.5) is 0 Å². The summed E-state index contributed by atoms with van der Waals surface area (Å²) >= 11 is 11.1. The molecule has 14 heteroatoms. The Kier molecular flexibility index (Phi) is 18.2. The summed E-state index contributed by atoms with van der Waals surface area (Å²) in [5.41, 5.74) is 8.02. The van der Waals surface area contributed by atoms with Gasteiger partial charge in [0.05, 0.1) is 25.3 Å². The normalized spacial score (nSPS) is 11.0. The van der Waals surface area contributed by atoms with Crippen molar-refractivity contribution < 1.29 is 33.8 Å². The molecule has 0 aliphatic carbocycles. The fraction of sp³-hybridized carbons (Fsp3) is 0.188. The molecule has 1 amide bonds. The highest BCUT2D eigenvalue weighted by Crippen LogP contribution is 2.09. The van der Waals surface area contributed by atoms with Gasteiger partial charge >= 0.3 is 17.9 Å². The number of carboxylic acids is 1. The van der Waals surface area contributed by atoms with Crippen LogP contribution in [0, 0.1) is 0 Å². The number of rotatable bonds is 9. The SMILES string of the molecule is COC(=O)C(Cc1ccccc1)NC(=O)c1ccc(Cl)nc1.COC(=O)C(N)Cc1ccccc1.Cl.O=C(O)c1ccc(Cl)nc1. The first-order valence-electron chi connectivity index (χ1n) is 13.3. The third-order valence-electron chi connectivity index (χ3n) is 5.84. The molecule has 0 saturated heterocycles. The summed E-state index contributed by atoms with van der Waals surface area (Å²) in [5.74, 6) is -2.28. The lowest BCUT2D eigenvalue weighted by atomic mass is 10.1. The third kappa shape index (κ3) is 14.5. The van der Waals surface area contributed by atoms with Crippen molar-refractivity contribution in [1.29, 1.82) is 0 Å². The van der Waals surface area contributed by atoms with Crippen molar-refractivity contribution in [2.24, 2.45) is 5.73 Å². The average molecular weight is 692 g/mol. The first-order chi connectivity index (χ1) is 21.5. The third-order valence-corrected chi connectivity index (χ3v) is 6.29. The zero-order valence-electron chi connectivity index (χ0n) is 24.8. The fourth-order valence-corrected chi connectivity index (χ4v) is 3.77. The second kappa shape index (κ2) is 21.2. The minimum Gasteiger partial charge on any atom is -0.478 e. The minimum absolute atomic E-state index is 0. The number of carbonyl (C=O) groups is 4. The molecule has 46 heavy (non-hydrogen) atoms. The van der Waals surface area contributed by atoms with Crippen LogP contribution in [-0.4, -0.2) is 65.2 Å². The highest BCUT2D eigenvalue weighted by molar-refractivity contribution is 6.29. The van der Waals surface area contributed by atoms with E-state index < -0.39 is 29.9 Å². The van der Waals surface area contributed by atoms with Crippen LogP contribution in [-0.2, 0) is 31.9 Å². The van der Waals surface area contributed by atoms with E-state index in [4.69, 9.17) is 38.8 Å². The summed E-state index contributed by atoms with van der Waals surface area (Å²) in [6.07, 6.45) is 3.44. The Bertz CT molecular complexity index is 1510. The van der Waals surface area contributed by atoms with E-state index in [2.05, 4.69) is 20.0 Å². The van der Waals surface area contributed by atoms with Crippen molar-refractivity contribution in [3.63, 3.8) is 0 Å². The number of aromatic carboxylic acids is 1. The molecule has 244 valence electrons. The van der Waals surface area contributed by atoms with Gasteiger partial charge < -0.3 is 25.6 Å². The fourth-order valence-electron chi connectivity index (χ4n) is 3.54. The van der Waals surface area contributed by atoms with E-state index in [9.17, 15) is 19.2 Å². The molecule has 4 N–H and O–H groups in total. The predicted molar refractivity (Wildman–Crippen MR) is 176 cm³/mol. The zero-order valence-corrected chi connectivity index (χ0v) is 27.2. The number of ether oxygens (including phenoxy) is 2. The predicted octanol–water partition coefficient (Wildman–Crippen LogP) is 4.83. The van der Waals surface area contributed by atoms with E-state index >= 15 is 0 Å². The van der Waals surface area contributed by atoms with Gasteiger partial charge in [0, 0.05) is 18.8 Å². The van der Waals surface area contributed by atoms with Crippen LogP contribution in [0.25, 0.3) is 0 Å². The maximum absolute atomic E-state index is 12.2. The minimum atomic E-state index is -0.996. The summed E-state index contributed by atoms with van der Waals surface area (Å²) in [6, 6.07) is 23.6. The number of esters is 2. The Morgan fingerprint density at radius 1 is 0.739 bits per heavy atom. The van der Waals surface area contributed by atoms with E-state index in [0.717, 1.165) is 11.1 Å². The number of nitrogens with zero attached hydrogens (tertiary/aromatic N) is 2. The van der Waals surface area contributed by atoms with Crippen molar-refractivity contribution in [3.8, 4) is 0 Å². The van der Waals surface area contributed by atoms with E-state index in [0.29, 0.717) is 28.7 Å². The average Bonchev–Trinajstić information content (AvgIpc) is 3.05. The smallest absolute Gasteiger partial charge is 0.337 e. The summed E-state index contributed by atoms with van der Waals surface area (Å²) in [5, 5.41) is 11.6. The second-order valence-corrected chi connectivity index (χ2v) is 9.88. The first-order valence-corrected chi connectivity index (χ1v) is 14.1. The number of aromatic nitrogens is 2. The first kappa shape index (κ1) is 39.5. The molecule has 0 bridgehead atoms.